The Morgan fingerprint density at radius 1 is 1.30 bits per heavy atom. The molecule has 0 spiro atoms. The Kier molecular flexibility index (Phi) is 7.45. The Bertz CT molecular complexity index is 796. The predicted molar refractivity (Wildman–Crippen MR) is 104 cm³/mol. The molecule has 144 valence electrons. The fraction of sp³-hybridized carbons (Fsp3) is 0.263. The van der Waals surface area contributed by atoms with E-state index in [4.69, 9.17) is 37.3 Å². The molecule has 2 aromatic carbocycles. The molecule has 1 unspecified atom stereocenters. The van der Waals surface area contributed by atoms with Gasteiger partial charge >= 0.3 is 5.97 Å². The van der Waals surface area contributed by atoms with Gasteiger partial charge in [0, 0.05) is 21.8 Å². The number of amidine groups is 1. The van der Waals surface area contributed by atoms with Gasteiger partial charge < -0.3 is 25.6 Å². The third-order valence-electron chi connectivity index (χ3n) is 3.66. The summed E-state index contributed by atoms with van der Waals surface area (Å²) >= 11 is 6.11. The molecule has 0 heterocycles. The number of carbonyl (C=O) groups is 1. The van der Waals surface area contributed by atoms with E-state index in [0.29, 0.717) is 27.6 Å². The van der Waals surface area contributed by atoms with Crippen molar-refractivity contribution in [2.75, 3.05) is 25.1 Å². The third kappa shape index (κ3) is 5.60. The van der Waals surface area contributed by atoms with Crippen molar-refractivity contribution in [1.29, 1.82) is 5.41 Å². The second-order valence-electron chi connectivity index (χ2n) is 5.57. The lowest BCUT2D eigenvalue weighted by Gasteiger charge is -2.22. The van der Waals surface area contributed by atoms with Crippen LogP contribution in [0, 0.1) is 5.41 Å². The van der Waals surface area contributed by atoms with Crippen LogP contribution in [0.25, 0.3) is 0 Å². The maximum absolute atomic E-state index is 12.6. The highest BCUT2D eigenvalue weighted by Gasteiger charge is 2.26. The minimum absolute atomic E-state index is 0.0435. The molecule has 0 aliphatic carbocycles. The minimum atomic E-state index is -0.875. The van der Waals surface area contributed by atoms with Gasteiger partial charge in [-0.3, -0.25) is 5.41 Å². The van der Waals surface area contributed by atoms with Crippen LogP contribution in [0.5, 0.6) is 5.75 Å². The Hall–Kier alpha value is -2.77. The lowest BCUT2D eigenvalue weighted by atomic mass is 10.0. The summed E-state index contributed by atoms with van der Waals surface area (Å²) in [4.78, 5) is 12.6. The van der Waals surface area contributed by atoms with E-state index >= 15 is 0 Å². The second-order valence-corrected chi connectivity index (χ2v) is 6.01. The van der Waals surface area contributed by atoms with Gasteiger partial charge in [-0.1, -0.05) is 11.6 Å². The summed E-state index contributed by atoms with van der Waals surface area (Å²) in [5, 5.41) is 20.0. The molecule has 1 atom stereocenters. The van der Waals surface area contributed by atoms with Crippen LogP contribution in [-0.2, 0) is 9.53 Å². The first-order chi connectivity index (χ1) is 13.0. The van der Waals surface area contributed by atoms with E-state index in [-0.39, 0.29) is 25.7 Å². The summed E-state index contributed by atoms with van der Waals surface area (Å²) in [6, 6.07) is 10.8. The molecule has 2 aromatic rings. The average molecular weight is 392 g/mol. The first-order valence-corrected chi connectivity index (χ1v) is 8.74. The zero-order valence-corrected chi connectivity index (χ0v) is 15.6. The lowest BCUT2D eigenvalue weighted by molar-refractivity contribution is -0.144. The molecule has 0 saturated carbocycles. The normalized spacial score (nSPS) is 11.5. The molecule has 0 saturated heterocycles. The summed E-state index contributed by atoms with van der Waals surface area (Å²) in [7, 11) is 0. The number of aliphatic hydroxyl groups excluding tert-OH is 1. The van der Waals surface area contributed by atoms with Gasteiger partial charge in [0.1, 0.15) is 18.2 Å². The largest absolute Gasteiger partial charge is 0.491 e. The number of aliphatic hydroxyl groups is 1. The molecule has 0 aliphatic rings. The number of nitrogens with one attached hydrogen (secondary N) is 2. The van der Waals surface area contributed by atoms with Crippen molar-refractivity contribution in [2.45, 2.75) is 13.0 Å². The number of hydrogen-bond acceptors (Lipinski definition) is 6. The summed E-state index contributed by atoms with van der Waals surface area (Å²) < 4.78 is 10.7. The number of nitrogen functional groups attached to an aromatic ring is 1. The topological polar surface area (TPSA) is 118 Å². The first-order valence-electron chi connectivity index (χ1n) is 8.37. The smallest absolute Gasteiger partial charge is 0.333 e. The van der Waals surface area contributed by atoms with Crippen molar-refractivity contribution in [3.8, 4) is 5.75 Å². The van der Waals surface area contributed by atoms with E-state index < -0.39 is 12.0 Å². The fourth-order valence-corrected chi connectivity index (χ4v) is 2.61. The number of rotatable bonds is 9. The van der Waals surface area contributed by atoms with Gasteiger partial charge in [-0.25, -0.2) is 4.79 Å². The van der Waals surface area contributed by atoms with Gasteiger partial charge in [0.2, 0.25) is 0 Å². The molecule has 0 aromatic heterocycles. The van der Waals surface area contributed by atoms with Gasteiger partial charge in [-0.2, -0.15) is 0 Å². The fourth-order valence-electron chi connectivity index (χ4n) is 2.43. The van der Waals surface area contributed by atoms with Gasteiger partial charge in [0.15, 0.2) is 6.04 Å². The first kappa shape index (κ1) is 20.5. The zero-order valence-electron chi connectivity index (χ0n) is 14.9. The van der Waals surface area contributed by atoms with Crippen LogP contribution < -0.4 is 15.8 Å². The monoisotopic (exact) mass is 391 g/mol. The number of carbonyl (C=O) groups excluding carboxylic acids is 1. The maximum atomic E-state index is 12.6. The van der Waals surface area contributed by atoms with Gasteiger partial charge in [0.05, 0.1) is 13.2 Å². The van der Waals surface area contributed by atoms with E-state index in [1.165, 1.54) is 0 Å². The van der Waals surface area contributed by atoms with E-state index in [1.807, 2.05) is 0 Å². The summed E-state index contributed by atoms with van der Waals surface area (Å²) in [6.45, 7) is 1.86. The Labute approximate surface area is 162 Å². The van der Waals surface area contributed by atoms with Crippen molar-refractivity contribution in [2.24, 2.45) is 5.73 Å². The number of nitrogens with two attached hydrogens (primary N) is 1. The second kappa shape index (κ2) is 9.80. The van der Waals surface area contributed by atoms with E-state index in [2.05, 4.69) is 5.32 Å². The molecule has 7 nitrogen and oxygen atoms in total. The Balaban J connectivity index is 2.38. The maximum Gasteiger partial charge on any atom is 0.333 e. The van der Waals surface area contributed by atoms with Crippen LogP contribution in [0.2, 0.25) is 5.02 Å². The van der Waals surface area contributed by atoms with Crippen LogP contribution in [0.3, 0.4) is 0 Å². The quantitative estimate of drug-likeness (QED) is 0.296. The van der Waals surface area contributed by atoms with Gasteiger partial charge in [0.25, 0.3) is 0 Å². The molecule has 27 heavy (non-hydrogen) atoms. The van der Waals surface area contributed by atoms with Crippen molar-refractivity contribution in [3.63, 3.8) is 0 Å². The molecule has 0 aliphatic heterocycles. The van der Waals surface area contributed by atoms with Gasteiger partial charge in [-0.15, -0.1) is 0 Å². The van der Waals surface area contributed by atoms with Crippen LogP contribution in [0.15, 0.2) is 42.5 Å². The van der Waals surface area contributed by atoms with Gasteiger partial charge in [-0.05, 0) is 49.4 Å². The molecule has 0 amide bonds. The molecule has 0 fully saturated rings. The molecular weight excluding hydrogens is 370 g/mol. The van der Waals surface area contributed by atoms with Crippen LogP contribution >= 0.6 is 11.6 Å². The number of hydrogen-bond donors (Lipinski definition) is 4. The van der Waals surface area contributed by atoms with E-state index in [9.17, 15) is 4.79 Å². The summed E-state index contributed by atoms with van der Waals surface area (Å²) in [5.41, 5.74) is 7.16. The standard InChI is InChI=1S/C19H22ClN3O4/c1-2-26-19(25)17(23-14-6-3-12(4-7-14)18(21)22)15-11-13(20)5-8-16(15)27-10-9-24/h3-8,11,17,23-24H,2,9-10H2,1H3,(H3,21,22). The zero-order chi connectivity index (χ0) is 19.8. The number of anilines is 1. The molecule has 2 rings (SSSR count). The van der Waals surface area contributed by atoms with Crippen LogP contribution in [0.4, 0.5) is 5.69 Å². The number of ether oxygens (including phenoxy) is 2. The third-order valence-corrected chi connectivity index (χ3v) is 3.90. The Morgan fingerprint density at radius 3 is 2.59 bits per heavy atom. The number of benzene rings is 2. The molecule has 5 N–H and O–H groups in total. The predicted octanol–water partition coefficient (Wildman–Crippen LogP) is 2.71. The highest BCUT2D eigenvalue weighted by atomic mass is 35.5. The average Bonchev–Trinajstić information content (AvgIpc) is 2.65. The molecule has 8 heteroatoms. The summed E-state index contributed by atoms with van der Waals surface area (Å²) in [5.74, 6) is -0.123. The number of halogens is 1. The van der Waals surface area contributed by atoms with Crippen LogP contribution in [0.1, 0.15) is 24.1 Å². The molecule has 0 bridgehead atoms. The number of esters is 1. The summed E-state index contributed by atoms with van der Waals surface area (Å²) in [6.07, 6.45) is 0. The highest BCUT2D eigenvalue weighted by molar-refractivity contribution is 6.30. The van der Waals surface area contributed by atoms with E-state index in [1.54, 1.807) is 49.4 Å². The highest BCUT2D eigenvalue weighted by Crippen LogP contribution is 2.32. The minimum Gasteiger partial charge on any atom is -0.491 e. The van der Waals surface area contributed by atoms with E-state index in [0.717, 1.165) is 0 Å². The van der Waals surface area contributed by atoms with Crippen molar-refractivity contribution in [1.82, 2.24) is 0 Å². The molecule has 0 radical (unpaired) electrons. The van der Waals surface area contributed by atoms with Crippen molar-refractivity contribution < 1.29 is 19.4 Å². The van der Waals surface area contributed by atoms with Crippen molar-refractivity contribution >= 4 is 29.1 Å². The Morgan fingerprint density at radius 2 is 2.00 bits per heavy atom. The SMILES string of the molecule is CCOC(=O)C(Nc1ccc(C(=N)N)cc1)c1cc(Cl)ccc1OCCO. The van der Waals surface area contributed by atoms with Crippen LogP contribution in [-0.4, -0.2) is 36.7 Å². The molecular formula is C19H22ClN3O4. The lowest BCUT2D eigenvalue weighted by Crippen LogP contribution is -2.24. The van der Waals surface area contributed by atoms with Crippen molar-refractivity contribution in [3.05, 3.63) is 58.6 Å².